The zero-order valence-electron chi connectivity index (χ0n) is 17.4. The fraction of sp³-hybridized carbons (Fsp3) is 0.240. The molecule has 0 aliphatic carbocycles. The number of nitrogens with zero attached hydrogens (tertiary/aromatic N) is 2. The number of rotatable bonds is 9. The van der Waals surface area contributed by atoms with E-state index < -0.39 is 0 Å². The van der Waals surface area contributed by atoms with Crippen LogP contribution in [0.4, 0.5) is 0 Å². The van der Waals surface area contributed by atoms with Crippen LogP contribution in [-0.2, 0) is 13.2 Å². The number of imidazole rings is 1. The molecule has 5 nitrogen and oxygen atoms in total. The molecule has 5 heteroatoms. The standard InChI is InChI=1S/C25H26N2O3/c1-19-10-3-6-13-22(19)29-17-9-16-27-21-12-5-4-11-20(21)26-25(27)18-30-24-15-8-7-14-23(24)28-2/h3-8,10-15H,9,16-18H2,1-2H3. The number of aryl methyl sites for hydroxylation is 2. The molecular weight excluding hydrogens is 376 g/mol. The molecule has 0 atom stereocenters. The summed E-state index contributed by atoms with van der Waals surface area (Å²) in [7, 11) is 1.64. The zero-order chi connectivity index (χ0) is 20.8. The van der Waals surface area contributed by atoms with E-state index in [-0.39, 0.29) is 0 Å². The van der Waals surface area contributed by atoms with Crippen LogP contribution in [0.3, 0.4) is 0 Å². The second-order valence-corrected chi connectivity index (χ2v) is 7.08. The summed E-state index contributed by atoms with van der Waals surface area (Å²) in [6.07, 6.45) is 0.871. The van der Waals surface area contributed by atoms with Gasteiger partial charge in [0.2, 0.25) is 0 Å². The second-order valence-electron chi connectivity index (χ2n) is 7.08. The lowest BCUT2D eigenvalue weighted by Gasteiger charge is -2.13. The Bertz CT molecular complexity index is 1120. The monoisotopic (exact) mass is 402 g/mol. The van der Waals surface area contributed by atoms with Crippen molar-refractivity contribution in [1.29, 1.82) is 0 Å². The van der Waals surface area contributed by atoms with E-state index in [0.717, 1.165) is 41.1 Å². The van der Waals surface area contributed by atoms with Crippen molar-refractivity contribution in [3.05, 3.63) is 84.2 Å². The number of hydrogen-bond donors (Lipinski definition) is 0. The average molecular weight is 402 g/mol. The molecule has 0 unspecified atom stereocenters. The molecule has 0 aliphatic heterocycles. The van der Waals surface area contributed by atoms with Crippen LogP contribution in [0.1, 0.15) is 17.8 Å². The lowest BCUT2D eigenvalue weighted by molar-refractivity contribution is 0.267. The van der Waals surface area contributed by atoms with E-state index in [9.17, 15) is 0 Å². The molecule has 4 rings (SSSR count). The van der Waals surface area contributed by atoms with Gasteiger partial charge in [-0.2, -0.15) is 0 Å². The van der Waals surface area contributed by atoms with Gasteiger partial charge in [0, 0.05) is 6.54 Å². The highest BCUT2D eigenvalue weighted by molar-refractivity contribution is 5.75. The third-order valence-electron chi connectivity index (χ3n) is 5.04. The van der Waals surface area contributed by atoms with Crippen LogP contribution < -0.4 is 14.2 Å². The van der Waals surface area contributed by atoms with E-state index in [1.807, 2.05) is 60.7 Å². The minimum atomic E-state index is 0.369. The van der Waals surface area contributed by atoms with Crippen LogP contribution in [0.15, 0.2) is 72.8 Å². The molecule has 0 fully saturated rings. The Morgan fingerprint density at radius 2 is 1.50 bits per heavy atom. The van der Waals surface area contributed by atoms with E-state index >= 15 is 0 Å². The predicted octanol–water partition coefficient (Wildman–Crippen LogP) is 5.40. The summed E-state index contributed by atoms with van der Waals surface area (Å²) in [6, 6.07) is 23.9. The van der Waals surface area contributed by atoms with E-state index in [1.165, 1.54) is 0 Å². The molecule has 0 N–H and O–H groups in total. The number of methoxy groups -OCH3 is 1. The van der Waals surface area contributed by atoms with Gasteiger partial charge in [-0.25, -0.2) is 4.98 Å². The molecule has 0 amide bonds. The van der Waals surface area contributed by atoms with Gasteiger partial charge in [0.25, 0.3) is 0 Å². The van der Waals surface area contributed by atoms with Gasteiger partial charge < -0.3 is 18.8 Å². The molecule has 30 heavy (non-hydrogen) atoms. The molecule has 1 aromatic heterocycles. The highest BCUT2D eigenvalue weighted by Crippen LogP contribution is 2.27. The molecule has 0 aliphatic rings. The molecule has 0 bridgehead atoms. The first-order chi connectivity index (χ1) is 14.8. The summed E-state index contributed by atoms with van der Waals surface area (Å²) in [4.78, 5) is 4.79. The maximum Gasteiger partial charge on any atom is 0.161 e. The van der Waals surface area contributed by atoms with Gasteiger partial charge in [0.05, 0.1) is 24.8 Å². The summed E-state index contributed by atoms with van der Waals surface area (Å²) in [6.45, 7) is 3.88. The molecule has 0 saturated heterocycles. The van der Waals surface area contributed by atoms with Gasteiger partial charge in [0.15, 0.2) is 11.5 Å². The quantitative estimate of drug-likeness (QED) is 0.352. The number of fused-ring (bicyclic) bond motifs is 1. The van der Waals surface area contributed by atoms with Gasteiger partial charge in [-0.1, -0.05) is 42.5 Å². The van der Waals surface area contributed by atoms with E-state index in [0.29, 0.717) is 24.7 Å². The Labute approximate surface area is 176 Å². The largest absolute Gasteiger partial charge is 0.493 e. The molecule has 4 aromatic rings. The van der Waals surface area contributed by atoms with Crippen LogP contribution in [0, 0.1) is 6.92 Å². The normalized spacial score (nSPS) is 10.9. The topological polar surface area (TPSA) is 45.5 Å². The fourth-order valence-electron chi connectivity index (χ4n) is 3.49. The van der Waals surface area contributed by atoms with Crippen LogP contribution in [0.25, 0.3) is 11.0 Å². The number of hydrogen-bond acceptors (Lipinski definition) is 4. The number of aromatic nitrogens is 2. The van der Waals surface area contributed by atoms with Gasteiger partial charge in [-0.3, -0.25) is 0 Å². The first-order valence-electron chi connectivity index (χ1n) is 10.1. The fourth-order valence-corrected chi connectivity index (χ4v) is 3.49. The smallest absolute Gasteiger partial charge is 0.161 e. The van der Waals surface area contributed by atoms with Gasteiger partial charge >= 0.3 is 0 Å². The molecule has 1 heterocycles. The van der Waals surface area contributed by atoms with E-state index in [4.69, 9.17) is 19.2 Å². The summed E-state index contributed by atoms with van der Waals surface area (Å²) >= 11 is 0. The number of ether oxygens (including phenoxy) is 3. The highest BCUT2D eigenvalue weighted by atomic mass is 16.5. The Kier molecular flexibility index (Phi) is 6.18. The first kappa shape index (κ1) is 19.8. The van der Waals surface area contributed by atoms with Crippen LogP contribution in [0.5, 0.6) is 17.2 Å². The lowest BCUT2D eigenvalue weighted by Crippen LogP contribution is -2.10. The molecular formula is C25H26N2O3. The van der Waals surface area contributed by atoms with Gasteiger partial charge in [-0.05, 0) is 49.2 Å². The second kappa shape index (κ2) is 9.35. The molecule has 0 spiro atoms. The van der Waals surface area contributed by atoms with Gasteiger partial charge in [0.1, 0.15) is 18.2 Å². The van der Waals surface area contributed by atoms with Crippen molar-refractivity contribution in [3.63, 3.8) is 0 Å². The summed E-state index contributed by atoms with van der Waals surface area (Å²) < 4.78 is 19.6. The van der Waals surface area contributed by atoms with E-state index in [2.05, 4.69) is 23.6 Å². The predicted molar refractivity (Wildman–Crippen MR) is 118 cm³/mol. The average Bonchev–Trinajstić information content (AvgIpc) is 3.14. The zero-order valence-corrected chi connectivity index (χ0v) is 17.4. The van der Waals surface area contributed by atoms with Crippen molar-refractivity contribution in [1.82, 2.24) is 9.55 Å². The Morgan fingerprint density at radius 3 is 2.30 bits per heavy atom. The molecule has 154 valence electrons. The summed E-state index contributed by atoms with van der Waals surface area (Å²) in [5.74, 6) is 3.25. The number of para-hydroxylation sites is 5. The van der Waals surface area contributed by atoms with Crippen molar-refractivity contribution < 1.29 is 14.2 Å². The molecule has 0 radical (unpaired) electrons. The van der Waals surface area contributed by atoms with Crippen molar-refractivity contribution in [3.8, 4) is 17.2 Å². The molecule has 0 saturated carbocycles. The van der Waals surface area contributed by atoms with Crippen molar-refractivity contribution >= 4 is 11.0 Å². The minimum Gasteiger partial charge on any atom is -0.493 e. The van der Waals surface area contributed by atoms with Gasteiger partial charge in [-0.15, -0.1) is 0 Å². The number of benzene rings is 3. The Balaban J connectivity index is 1.47. The van der Waals surface area contributed by atoms with Crippen LogP contribution in [-0.4, -0.2) is 23.3 Å². The molecule has 3 aromatic carbocycles. The summed E-state index contributed by atoms with van der Waals surface area (Å²) in [5.41, 5.74) is 3.22. The highest BCUT2D eigenvalue weighted by Gasteiger charge is 2.12. The minimum absolute atomic E-state index is 0.369. The maximum absolute atomic E-state index is 6.04. The lowest BCUT2D eigenvalue weighted by atomic mass is 10.2. The first-order valence-corrected chi connectivity index (χ1v) is 10.1. The van der Waals surface area contributed by atoms with Crippen LogP contribution >= 0.6 is 0 Å². The van der Waals surface area contributed by atoms with Crippen molar-refractivity contribution in [2.24, 2.45) is 0 Å². The van der Waals surface area contributed by atoms with Crippen molar-refractivity contribution in [2.45, 2.75) is 26.5 Å². The third-order valence-corrected chi connectivity index (χ3v) is 5.04. The van der Waals surface area contributed by atoms with Crippen molar-refractivity contribution in [2.75, 3.05) is 13.7 Å². The maximum atomic E-state index is 6.04. The summed E-state index contributed by atoms with van der Waals surface area (Å²) in [5, 5.41) is 0. The Hall–Kier alpha value is -3.47. The third kappa shape index (κ3) is 4.40. The van der Waals surface area contributed by atoms with E-state index in [1.54, 1.807) is 7.11 Å². The van der Waals surface area contributed by atoms with Crippen LogP contribution in [0.2, 0.25) is 0 Å². The SMILES string of the molecule is COc1ccccc1OCc1nc2ccccc2n1CCCOc1ccccc1C. The Morgan fingerprint density at radius 1 is 0.800 bits per heavy atom.